The summed E-state index contributed by atoms with van der Waals surface area (Å²) < 4.78 is 5.40. The van der Waals surface area contributed by atoms with E-state index in [1.165, 1.54) is 22.3 Å². The molecular weight excluding hydrogens is 282 g/mol. The first-order valence-corrected chi connectivity index (χ1v) is 8.46. The molecule has 0 aromatic heterocycles. The van der Waals surface area contributed by atoms with Gasteiger partial charge in [0.15, 0.2) is 0 Å². The third kappa shape index (κ3) is 4.31. The molecule has 1 aliphatic heterocycles. The van der Waals surface area contributed by atoms with E-state index in [1.54, 1.807) is 0 Å². The largest absolute Gasteiger partial charge is 0.379 e. The van der Waals surface area contributed by atoms with Crippen molar-refractivity contribution in [3.05, 3.63) is 66.2 Å². The van der Waals surface area contributed by atoms with E-state index < -0.39 is 0 Å². The van der Waals surface area contributed by atoms with Crippen LogP contribution in [0.1, 0.15) is 18.9 Å². The standard InChI is InChI=1S/C21H25NO/c1-18(8-7-13-22-14-16-23-17-15-22)20-11-5-6-12-21(20)19-9-3-2-4-10-19/h2-6,8-12H,7,13-17H2,1H3. The average Bonchev–Trinajstić information content (AvgIpc) is 2.63. The fourth-order valence-corrected chi connectivity index (χ4v) is 3.09. The highest BCUT2D eigenvalue weighted by Gasteiger charge is 2.09. The Labute approximate surface area is 139 Å². The Morgan fingerprint density at radius 1 is 1.00 bits per heavy atom. The predicted molar refractivity (Wildman–Crippen MR) is 97.4 cm³/mol. The van der Waals surface area contributed by atoms with Crippen LogP contribution in [0.5, 0.6) is 0 Å². The molecule has 0 atom stereocenters. The van der Waals surface area contributed by atoms with E-state index in [-0.39, 0.29) is 0 Å². The molecule has 0 unspecified atom stereocenters. The first kappa shape index (κ1) is 16.0. The molecule has 0 N–H and O–H groups in total. The quantitative estimate of drug-likeness (QED) is 0.807. The smallest absolute Gasteiger partial charge is 0.0594 e. The maximum atomic E-state index is 5.40. The molecule has 0 radical (unpaired) electrons. The van der Waals surface area contributed by atoms with Crippen molar-refractivity contribution in [1.29, 1.82) is 0 Å². The number of morpholine rings is 1. The summed E-state index contributed by atoms with van der Waals surface area (Å²) >= 11 is 0. The summed E-state index contributed by atoms with van der Waals surface area (Å²) in [6.07, 6.45) is 3.46. The molecule has 0 saturated carbocycles. The van der Waals surface area contributed by atoms with Gasteiger partial charge in [-0.25, -0.2) is 0 Å². The number of allylic oxidation sites excluding steroid dienone is 1. The van der Waals surface area contributed by atoms with Crippen LogP contribution >= 0.6 is 0 Å². The zero-order valence-corrected chi connectivity index (χ0v) is 13.9. The third-order valence-corrected chi connectivity index (χ3v) is 4.44. The molecule has 0 spiro atoms. The number of hydrogen-bond donors (Lipinski definition) is 0. The van der Waals surface area contributed by atoms with Crippen LogP contribution in [0.3, 0.4) is 0 Å². The van der Waals surface area contributed by atoms with Gasteiger partial charge in [0.2, 0.25) is 0 Å². The summed E-state index contributed by atoms with van der Waals surface area (Å²) in [5.74, 6) is 0. The molecule has 120 valence electrons. The van der Waals surface area contributed by atoms with Crippen molar-refractivity contribution in [1.82, 2.24) is 4.90 Å². The summed E-state index contributed by atoms with van der Waals surface area (Å²) in [5, 5.41) is 0. The predicted octanol–water partition coefficient (Wildman–Crippen LogP) is 4.48. The van der Waals surface area contributed by atoms with E-state index in [4.69, 9.17) is 4.74 Å². The fourth-order valence-electron chi connectivity index (χ4n) is 3.09. The molecule has 1 heterocycles. The SMILES string of the molecule is CC(=CCCN1CCOCC1)c1ccccc1-c1ccccc1. The second-order valence-corrected chi connectivity index (χ2v) is 6.04. The van der Waals surface area contributed by atoms with Crippen LogP contribution in [-0.2, 0) is 4.74 Å². The van der Waals surface area contributed by atoms with Crippen molar-refractivity contribution >= 4 is 5.57 Å². The van der Waals surface area contributed by atoms with Gasteiger partial charge < -0.3 is 4.74 Å². The Hall–Kier alpha value is -1.90. The van der Waals surface area contributed by atoms with E-state index in [2.05, 4.69) is 72.5 Å². The van der Waals surface area contributed by atoms with Crippen LogP contribution in [-0.4, -0.2) is 37.7 Å². The summed E-state index contributed by atoms with van der Waals surface area (Å²) in [6.45, 7) is 7.22. The number of benzene rings is 2. The fraction of sp³-hybridized carbons (Fsp3) is 0.333. The first-order chi connectivity index (χ1) is 11.3. The first-order valence-electron chi connectivity index (χ1n) is 8.46. The topological polar surface area (TPSA) is 12.5 Å². The lowest BCUT2D eigenvalue weighted by molar-refractivity contribution is 0.0387. The van der Waals surface area contributed by atoms with Crippen molar-refractivity contribution in [2.75, 3.05) is 32.8 Å². The lowest BCUT2D eigenvalue weighted by atomic mass is 9.95. The monoisotopic (exact) mass is 307 g/mol. The number of hydrogen-bond acceptors (Lipinski definition) is 2. The maximum absolute atomic E-state index is 5.40. The molecule has 1 aliphatic rings. The summed E-state index contributed by atoms with van der Waals surface area (Å²) in [4.78, 5) is 2.48. The Morgan fingerprint density at radius 3 is 2.48 bits per heavy atom. The van der Waals surface area contributed by atoms with Crippen LogP contribution in [0.2, 0.25) is 0 Å². The summed E-state index contributed by atoms with van der Waals surface area (Å²) in [5.41, 5.74) is 5.29. The zero-order chi connectivity index (χ0) is 15.9. The van der Waals surface area contributed by atoms with Gasteiger partial charge in [0.05, 0.1) is 13.2 Å². The van der Waals surface area contributed by atoms with Gasteiger partial charge in [-0.2, -0.15) is 0 Å². The van der Waals surface area contributed by atoms with Gasteiger partial charge >= 0.3 is 0 Å². The molecule has 3 rings (SSSR count). The minimum atomic E-state index is 0.875. The van der Waals surface area contributed by atoms with E-state index >= 15 is 0 Å². The van der Waals surface area contributed by atoms with Crippen molar-refractivity contribution in [3.8, 4) is 11.1 Å². The average molecular weight is 307 g/mol. The zero-order valence-electron chi connectivity index (χ0n) is 13.9. The van der Waals surface area contributed by atoms with Crippen molar-refractivity contribution in [3.63, 3.8) is 0 Å². The lowest BCUT2D eigenvalue weighted by Gasteiger charge is -2.26. The second-order valence-electron chi connectivity index (χ2n) is 6.04. The Balaban J connectivity index is 1.71. The van der Waals surface area contributed by atoms with Gasteiger partial charge in [-0.05, 0) is 35.6 Å². The third-order valence-electron chi connectivity index (χ3n) is 4.44. The van der Waals surface area contributed by atoms with Crippen molar-refractivity contribution < 1.29 is 4.74 Å². The molecule has 2 heteroatoms. The number of rotatable bonds is 5. The Morgan fingerprint density at radius 2 is 1.70 bits per heavy atom. The summed E-state index contributed by atoms with van der Waals surface area (Å²) in [6, 6.07) is 19.3. The molecule has 0 amide bonds. The highest BCUT2D eigenvalue weighted by atomic mass is 16.5. The van der Waals surface area contributed by atoms with Crippen molar-refractivity contribution in [2.45, 2.75) is 13.3 Å². The number of ether oxygens (including phenoxy) is 1. The molecule has 1 saturated heterocycles. The molecule has 2 aromatic rings. The van der Waals surface area contributed by atoms with E-state index in [0.717, 1.165) is 39.3 Å². The van der Waals surface area contributed by atoms with Crippen LogP contribution in [0.25, 0.3) is 16.7 Å². The Kier molecular flexibility index (Phi) is 5.62. The second kappa shape index (κ2) is 8.09. The van der Waals surface area contributed by atoms with E-state index in [1.807, 2.05) is 0 Å². The van der Waals surface area contributed by atoms with Gasteiger partial charge in [0.1, 0.15) is 0 Å². The van der Waals surface area contributed by atoms with Crippen LogP contribution in [0.15, 0.2) is 60.7 Å². The van der Waals surface area contributed by atoms with E-state index in [0.29, 0.717) is 0 Å². The van der Waals surface area contributed by atoms with Crippen LogP contribution < -0.4 is 0 Å². The van der Waals surface area contributed by atoms with Gasteiger partial charge in [-0.3, -0.25) is 4.90 Å². The molecular formula is C21H25NO. The minimum Gasteiger partial charge on any atom is -0.379 e. The normalized spacial score (nSPS) is 16.5. The minimum absolute atomic E-state index is 0.875. The highest BCUT2D eigenvalue weighted by Crippen LogP contribution is 2.28. The molecule has 2 nitrogen and oxygen atoms in total. The summed E-state index contributed by atoms with van der Waals surface area (Å²) in [7, 11) is 0. The molecule has 2 aromatic carbocycles. The van der Waals surface area contributed by atoms with Crippen LogP contribution in [0.4, 0.5) is 0 Å². The van der Waals surface area contributed by atoms with Gasteiger partial charge in [0, 0.05) is 19.6 Å². The molecule has 0 bridgehead atoms. The Bertz CT molecular complexity index is 642. The number of nitrogens with zero attached hydrogens (tertiary/aromatic N) is 1. The molecule has 1 fully saturated rings. The van der Waals surface area contributed by atoms with Crippen molar-refractivity contribution in [2.24, 2.45) is 0 Å². The van der Waals surface area contributed by atoms with Crippen LogP contribution in [0, 0.1) is 0 Å². The maximum Gasteiger partial charge on any atom is 0.0594 e. The lowest BCUT2D eigenvalue weighted by Crippen LogP contribution is -2.36. The molecule has 23 heavy (non-hydrogen) atoms. The highest BCUT2D eigenvalue weighted by molar-refractivity contribution is 5.80. The van der Waals surface area contributed by atoms with Gasteiger partial charge in [-0.1, -0.05) is 60.7 Å². The van der Waals surface area contributed by atoms with Gasteiger partial charge in [-0.15, -0.1) is 0 Å². The van der Waals surface area contributed by atoms with Gasteiger partial charge in [0.25, 0.3) is 0 Å². The van der Waals surface area contributed by atoms with E-state index in [9.17, 15) is 0 Å². The molecule has 0 aliphatic carbocycles.